The van der Waals surface area contributed by atoms with E-state index in [4.69, 9.17) is 9.52 Å². The molecule has 2 heterocycles. The molecular formula is C23H18F4N2O3S2. The van der Waals surface area contributed by atoms with Gasteiger partial charge in [0.2, 0.25) is 0 Å². The third-order valence-corrected chi connectivity index (χ3v) is 7.42. The molecule has 0 aliphatic heterocycles. The number of hydrogen-bond donors (Lipinski definition) is 1. The Kier molecular flexibility index (Phi) is 6.68. The minimum atomic E-state index is -4.75. The first-order chi connectivity index (χ1) is 16.0. The summed E-state index contributed by atoms with van der Waals surface area (Å²) in [6.07, 6.45) is -4.65. The van der Waals surface area contributed by atoms with Crippen LogP contribution >= 0.6 is 23.1 Å². The molecule has 2 aromatic carbocycles. The molecule has 4 rings (SSSR count). The van der Waals surface area contributed by atoms with E-state index >= 15 is 0 Å². The van der Waals surface area contributed by atoms with Crippen molar-refractivity contribution in [2.45, 2.75) is 43.5 Å². The number of fused-ring (bicyclic) bond motifs is 1. The van der Waals surface area contributed by atoms with Gasteiger partial charge in [-0.2, -0.15) is 13.2 Å². The van der Waals surface area contributed by atoms with E-state index in [9.17, 15) is 22.4 Å². The third-order valence-electron chi connectivity index (χ3n) is 4.97. The topological polar surface area (TPSA) is 76.2 Å². The maximum absolute atomic E-state index is 14.0. The summed E-state index contributed by atoms with van der Waals surface area (Å²) in [4.78, 5) is 21.5. The Hall–Kier alpha value is -2.92. The summed E-state index contributed by atoms with van der Waals surface area (Å²) in [6.45, 7) is 3.71. The highest BCUT2D eigenvalue weighted by Gasteiger charge is 2.34. The fourth-order valence-electron chi connectivity index (χ4n) is 3.31. The van der Waals surface area contributed by atoms with Crippen molar-refractivity contribution in [3.63, 3.8) is 0 Å². The molecule has 0 saturated heterocycles. The molecule has 0 atom stereocenters. The van der Waals surface area contributed by atoms with Crippen LogP contribution in [0.25, 0.3) is 21.7 Å². The average Bonchev–Trinajstić information content (AvgIpc) is 3.32. The van der Waals surface area contributed by atoms with Gasteiger partial charge in [-0.15, -0.1) is 23.1 Å². The molecule has 1 N–H and O–H groups in total. The number of carbonyl (C=O) groups is 1. The van der Waals surface area contributed by atoms with Crippen LogP contribution in [0.3, 0.4) is 0 Å². The van der Waals surface area contributed by atoms with E-state index in [1.54, 1.807) is 6.92 Å². The van der Waals surface area contributed by atoms with Crippen molar-refractivity contribution in [1.82, 2.24) is 9.97 Å². The highest BCUT2D eigenvalue weighted by molar-refractivity contribution is 7.98. The molecule has 0 aliphatic rings. The van der Waals surface area contributed by atoms with Gasteiger partial charge in [0.15, 0.2) is 11.5 Å². The zero-order chi connectivity index (χ0) is 24.6. The molecule has 11 heteroatoms. The lowest BCUT2D eigenvalue weighted by Crippen LogP contribution is -2.07. The molecular weight excluding hydrogens is 492 g/mol. The monoisotopic (exact) mass is 510 g/mol. The minimum absolute atomic E-state index is 0.0817. The van der Waals surface area contributed by atoms with Gasteiger partial charge in [0, 0.05) is 27.5 Å². The molecule has 0 amide bonds. The van der Waals surface area contributed by atoms with Crippen LogP contribution in [-0.2, 0) is 23.1 Å². The Bertz CT molecular complexity index is 1380. The number of thiazole rings is 1. The zero-order valence-electron chi connectivity index (χ0n) is 18.0. The van der Waals surface area contributed by atoms with Gasteiger partial charge in [-0.3, -0.25) is 4.79 Å². The van der Waals surface area contributed by atoms with Gasteiger partial charge in [-0.1, -0.05) is 6.07 Å². The van der Waals surface area contributed by atoms with Gasteiger partial charge in [-0.25, -0.2) is 14.4 Å². The van der Waals surface area contributed by atoms with Crippen LogP contribution in [0.1, 0.15) is 34.0 Å². The molecule has 0 saturated carbocycles. The molecule has 0 bridgehead atoms. The van der Waals surface area contributed by atoms with Crippen molar-refractivity contribution in [3.8, 4) is 10.6 Å². The Morgan fingerprint density at radius 2 is 1.94 bits per heavy atom. The lowest BCUT2D eigenvalue weighted by atomic mass is 10.1. The van der Waals surface area contributed by atoms with E-state index < -0.39 is 23.5 Å². The number of alkyl halides is 3. The fraction of sp³-hybridized carbons (Fsp3) is 0.261. The number of carboxylic acid groups (broad SMARTS) is 1. The minimum Gasteiger partial charge on any atom is -0.481 e. The number of nitrogens with zero attached hydrogens (tertiary/aromatic N) is 2. The molecule has 0 unspecified atom stereocenters. The quantitative estimate of drug-likeness (QED) is 0.212. The number of hydrogen-bond acceptors (Lipinski definition) is 6. The number of aryl methyl sites for hydroxylation is 3. The summed E-state index contributed by atoms with van der Waals surface area (Å²) in [5, 5.41) is 9.32. The smallest absolute Gasteiger partial charge is 0.419 e. The van der Waals surface area contributed by atoms with E-state index in [1.165, 1.54) is 29.2 Å². The van der Waals surface area contributed by atoms with E-state index in [1.807, 2.05) is 19.1 Å². The van der Waals surface area contributed by atoms with Gasteiger partial charge < -0.3 is 9.52 Å². The second kappa shape index (κ2) is 9.38. The lowest BCUT2D eigenvalue weighted by Gasteiger charge is -2.08. The van der Waals surface area contributed by atoms with Crippen LogP contribution in [0.5, 0.6) is 0 Å². The van der Waals surface area contributed by atoms with E-state index in [-0.39, 0.29) is 18.4 Å². The Labute approximate surface area is 199 Å². The molecule has 0 fully saturated rings. The van der Waals surface area contributed by atoms with Crippen molar-refractivity contribution in [3.05, 3.63) is 63.7 Å². The highest BCUT2D eigenvalue weighted by Crippen LogP contribution is 2.38. The zero-order valence-corrected chi connectivity index (χ0v) is 19.6. The van der Waals surface area contributed by atoms with Crippen LogP contribution < -0.4 is 0 Å². The van der Waals surface area contributed by atoms with Crippen molar-refractivity contribution in [1.29, 1.82) is 0 Å². The largest absolute Gasteiger partial charge is 0.481 e. The first-order valence-corrected chi connectivity index (χ1v) is 11.9. The molecule has 0 aliphatic carbocycles. The Morgan fingerprint density at radius 1 is 1.18 bits per heavy atom. The van der Waals surface area contributed by atoms with Crippen LogP contribution in [0.2, 0.25) is 0 Å². The van der Waals surface area contributed by atoms with Gasteiger partial charge in [0.05, 0.1) is 17.7 Å². The number of benzene rings is 2. The summed E-state index contributed by atoms with van der Waals surface area (Å²) in [5.74, 6) is -1.40. The van der Waals surface area contributed by atoms with Crippen molar-refractivity contribution in [2.24, 2.45) is 0 Å². The molecule has 0 spiro atoms. The third kappa shape index (κ3) is 5.25. The fourth-order valence-corrected chi connectivity index (χ4v) is 5.63. The van der Waals surface area contributed by atoms with Crippen molar-refractivity contribution >= 4 is 40.2 Å². The highest BCUT2D eigenvalue weighted by atomic mass is 32.2. The molecule has 0 radical (unpaired) electrons. The van der Waals surface area contributed by atoms with Crippen LogP contribution in [0.15, 0.2) is 39.6 Å². The van der Waals surface area contributed by atoms with Crippen LogP contribution in [0.4, 0.5) is 17.6 Å². The predicted molar refractivity (Wildman–Crippen MR) is 122 cm³/mol. The summed E-state index contributed by atoms with van der Waals surface area (Å²) < 4.78 is 58.2. The van der Waals surface area contributed by atoms with Gasteiger partial charge >= 0.3 is 12.1 Å². The number of thioether (sulfide) groups is 1. The molecule has 5 nitrogen and oxygen atoms in total. The number of rotatable bonds is 7. The molecule has 4 aromatic rings. The van der Waals surface area contributed by atoms with Gasteiger partial charge in [-0.05, 0) is 43.7 Å². The number of oxazole rings is 1. The summed E-state index contributed by atoms with van der Waals surface area (Å²) in [6, 6.07) is 6.60. The van der Waals surface area contributed by atoms with Gasteiger partial charge in [0.25, 0.3) is 0 Å². The second-order valence-electron chi connectivity index (χ2n) is 7.62. The SMILES string of the molecule is Cc1cc(SCc2sc(-c3ccc(C(F)(F)F)c(F)c3)nc2C)c2nc(CCC(=O)O)oc2c1. The summed E-state index contributed by atoms with van der Waals surface area (Å²) >= 11 is 2.79. The van der Waals surface area contributed by atoms with Crippen LogP contribution in [-0.4, -0.2) is 21.0 Å². The first-order valence-electron chi connectivity index (χ1n) is 10.1. The molecule has 178 valence electrons. The maximum atomic E-state index is 14.0. The van der Waals surface area contributed by atoms with E-state index in [0.29, 0.717) is 33.4 Å². The van der Waals surface area contributed by atoms with E-state index in [0.717, 1.165) is 27.5 Å². The molecule has 2 aromatic heterocycles. The number of carboxylic acids is 1. The average molecular weight is 511 g/mol. The van der Waals surface area contributed by atoms with Crippen molar-refractivity contribution in [2.75, 3.05) is 0 Å². The molecule has 34 heavy (non-hydrogen) atoms. The first kappa shape index (κ1) is 24.2. The van der Waals surface area contributed by atoms with Crippen molar-refractivity contribution < 1.29 is 31.9 Å². The summed E-state index contributed by atoms with van der Waals surface area (Å²) in [5.41, 5.74) is 1.86. The second-order valence-corrected chi connectivity index (χ2v) is 9.72. The van der Waals surface area contributed by atoms with E-state index in [2.05, 4.69) is 9.97 Å². The number of halogens is 4. The predicted octanol–water partition coefficient (Wildman–Crippen LogP) is 7.04. The number of aliphatic carboxylic acids is 1. The lowest BCUT2D eigenvalue weighted by molar-refractivity contribution is -0.140. The number of aromatic nitrogens is 2. The normalized spacial score (nSPS) is 11.9. The standard InChI is InChI=1S/C23H18F4N2O3S2/c1-11-7-16-21(29-19(32-16)5-6-20(30)31)17(8-11)33-10-18-12(2)28-22(34-18)13-3-4-14(15(24)9-13)23(25,26)27/h3-4,7-9H,5-6,10H2,1-2H3,(H,30,31). The Balaban J connectivity index is 1.56. The summed E-state index contributed by atoms with van der Waals surface area (Å²) in [7, 11) is 0. The van der Waals surface area contributed by atoms with Gasteiger partial charge in [0.1, 0.15) is 16.3 Å². The Morgan fingerprint density at radius 3 is 2.62 bits per heavy atom. The maximum Gasteiger partial charge on any atom is 0.419 e. The van der Waals surface area contributed by atoms with Crippen LogP contribution in [0, 0.1) is 19.7 Å².